The SMILES string of the molecule is CCCNC(COCCOCCCOC)C(N)=O. The molecule has 0 aliphatic carbocycles. The fraction of sp³-hybridized carbons (Fsp3) is 0.917. The van der Waals surface area contributed by atoms with Crippen LogP contribution in [-0.4, -0.2) is 58.6 Å². The van der Waals surface area contributed by atoms with E-state index in [-0.39, 0.29) is 12.5 Å². The van der Waals surface area contributed by atoms with Crippen LogP contribution in [0.25, 0.3) is 0 Å². The molecule has 6 heteroatoms. The number of nitrogens with one attached hydrogen (secondary N) is 1. The van der Waals surface area contributed by atoms with Gasteiger partial charge < -0.3 is 25.3 Å². The number of methoxy groups -OCH3 is 1. The van der Waals surface area contributed by atoms with Crippen molar-refractivity contribution in [2.45, 2.75) is 25.8 Å². The molecule has 6 nitrogen and oxygen atoms in total. The highest BCUT2D eigenvalue weighted by molar-refractivity contribution is 5.79. The third-order valence-electron chi connectivity index (χ3n) is 2.28. The predicted molar refractivity (Wildman–Crippen MR) is 69.4 cm³/mol. The van der Waals surface area contributed by atoms with Crippen LogP contribution in [0.4, 0.5) is 0 Å². The van der Waals surface area contributed by atoms with Gasteiger partial charge in [0.1, 0.15) is 6.04 Å². The van der Waals surface area contributed by atoms with Crippen molar-refractivity contribution in [3.63, 3.8) is 0 Å². The number of amides is 1. The van der Waals surface area contributed by atoms with Crippen LogP contribution in [0.3, 0.4) is 0 Å². The van der Waals surface area contributed by atoms with E-state index in [0.29, 0.717) is 26.4 Å². The van der Waals surface area contributed by atoms with Crippen LogP contribution < -0.4 is 11.1 Å². The Labute approximate surface area is 109 Å². The van der Waals surface area contributed by atoms with E-state index in [9.17, 15) is 4.79 Å². The van der Waals surface area contributed by atoms with E-state index in [1.807, 2.05) is 6.92 Å². The maximum atomic E-state index is 11.1. The van der Waals surface area contributed by atoms with Gasteiger partial charge in [-0.25, -0.2) is 0 Å². The average molecular weight is 262 g/mol. The molecule has 0 spiro atoms. The molecule has 0 fully saturated rings. The Morgan fingerprint density at radius 1 is 1.22 bits per heavy atom. The molecule has 0 heterocycles. The molecule has 1 amide bonds. The molecule has 0 saturated carbocycles. The van der Waals surface area contributed by atoms with Gasteiger partial charge >= 0.3 is 0 Å². The van der Waals surface area contributed by atoms with Crippen molar-refractivity contribution in [2.75, 3.05) is 46.7 Å². The Morgan fingerprint density at radius 2 is 1.94 bits per heavy atom. The number of nitrogens with two attached hydrogens (primary N) is 1. The number of hydrogen-bond acceptors (Lipinski definition) is 5. The molecule has 1 atom stereocenters. The summed E-state index contributed by atoms with van der Waals surface area (Å²) in [6, 6.07) is -0.418. The van der Waals surface area contributed by atoms with Gasteiger partial charge in [0.25, 0.3) is 0 Å². The third-order valence-corrected chi connectivity index (χ3v) is 2.28. The van der Waals surface area contributed by atoms with E-state index in [1.165, 1.54) is 0 Å². The Morgan fingerprint density at radius 3 is 2.56 bits per heavy atom. The summed E-state index contributed by atoms with van der Waals surface area (Å²) >= 11 is 0. The second kappa shape index (κ2) is 12.8. The Bertz CT molecular complexity index is 203. The van der Waals surface area contributed by atoms with E-state index >= 15 is 0 Å². The zero-order valence-electron chi connectivity index (χ0n) is 11.4. The van der Waals surface area contributed by atoms with Gasteiger partial charge in [-0.15, -0.1) is 0 Å². The highest BCUT2D eigenvalue weighted by Gasteiger charge is 2.13. The van der Waals surface area contributed by atoms with Crippen molar-refractivity contribution in [1.29, 1.82) is 0 Å². The summed E-state index contributed by atoms with van der Waals surface area (Å²) < 4.78 is 15.6. The highest BCUT2D eigenvalue weighted by atomic mass is 16.5. The summed E-state index contributed by atoms with van der Waals surface area (Å²) in [7, 11) is 1.66. The number of primary amides is 1. The highest BCUT2D eigenvalue weighted by Crippen LogP contribution is 1.89. The van der Waals surface area contributed by atoms with Crippen LogP contribution in [0, 0.1) is 0 Å². The summed E-state index contributed by atoms with van der Waals surface area (Å²) in [6.07, 6.45) is 1.82. The fourth-order valence-corrected chi connectivity index (χ4v) is 1.29. The molecule has 0 radical (unpaired) electrons. The van der Waals surface area contributed by atoms with Crippen LogP contribution in [0.15, 0.2) is 0 Å². The lowest BCUT2D eigenvalue weighted by Crippen LogP contribution is -2.45. The van der Waals surface area contributed by atoms with Crippen molar-refractivity contribution in [3.05, 3.63) is 0 Å². The topological polar surface area (TPSA) is 82.8 Å². The third kappa shape index (κ3) is 10.5. The summed E-state index contributed by atoms with van der Waals surface area (Å²) in [5.41, 5.74) is 5.25. The van der Waals surface area contributed by atoms with Gasteiger partial charge in [-0.2, -0.15) is 0 Å². The number of carbonyl (C=O) groups is 1. The molecule has 0 rings (SSSR count). The molecule has 0 saturated heterocycles. The van der Waals surface area contributed by atoms with Gasteiger partial charge in [0.2, 0.25) is 5.91 Å². The van der Waals surface area contributed by atoms with Gasteiger partial charge in [0.05, 0.1) is 19.8 Å². The van der Waals surface area contributed by atoms with E-state index in [0.717, 1.165) is 19.4 Å². The molecule has 0 aliphatic heterocycles. The van der Waals surface area contributed by atoms with Crippen LogP contribution in [-0.2, 0) is 19.0 Å². The summed E-state index contributed by atoms with van der Waals surface area (Å²) in [4.78, 5) is 11.1. The first-order valence-electron chi connectivity index (χ1n) is 6.39. The first kappa shape index (κ1) is 17.3. The van der Waals surface area contributed by atoms with Crippen molar-refractivity contribution < 1.29 is 19.0 Å². The monoisotopic (exact) mass is 262 g/mol. The zero-order valence-corrected chi connectivity index (χ0v) is 11.4. The number of ether oxygens (including phenoxy) is 3. The summed E-state index contributed by atoms with van der Waals surface area (Å²) in [5, 5.41) is 3.03. The molecule has 1 unspecified atom stereocenters. The average Bonchev–Trinajstić information content (AvgIpc) is 2.35. The van der Waals surface area contributed by atoms with Gasteiger partial charge in [0, 0.05) is 20.3 Å². The summed E-state index contributed by atoms with van der Waals surface area (Å²) in [5.74, 6) is -0.385. The maximum absolute atomic E-state index is 11.1. The maximum Gasteiger partial charge on any atom is 0.236 e. The number of hydrogen-bond donors (Lipinski definition) is 2. The van der Waals surface area contributed by atoms with Crippen molar-refractivity contribution in [2.24, 2.45) is 5.73 Å². The quantitative estimate of drug-likeness (QED) is 0.453. The minimum absolute atomic E-state index is 0.288. The molecule has 0 aromatic carbocycles. The minimum Gasteiger partial charge on any atom is -0.385 e. The molecular weight excluding hydrogens is 236 g/mol. The summed E-state index contributed by atoms with van der Waals surface area (Å²) in [6.45, 7) is 5.41. The van der Waals surface area contributed by atoms with Crippen LogP contribution in [0.5, 0.6) is 0 Å². The largest absolute Gasteiger partial charge is 0.385 e. The van der Waals surface area contributed by atoms with E-state index in [1.54, 1.807) is 7.11 Å². The van der Waals surface area contributed by atoms with E-state index in [4.69, 9.17) is 19.9 Å². The molecule has 18 heavy (non-hydrogen) atoms. The number of carbonyl (C=O) groups excluding carboxylic acids is 1. The lowest BCUT2D eigenvalue weighted by atomic mass is 10.3. The molecule has 0 aliphatic rings. The van der Waals surface area contributed by atoms with E-state index in [2.05, 4.69) is 5.32 Å². The van der Waals surface area contributed by atoms with Crippen molar-refractivity contribution >= 4 is 5.91 Å². The standard InChI is InChI=1S/C12H26N2O4/c1-3-5-14-11(12(13)15)10-18-9-8-17-7-4-6-16-2/h11,14H,3-10H2,1-2H3,(H2,13,15). The Balaban J connectivity index is 3.40. The molecular formula is C12H26N2O4. The Kier molecular flexibility index (Phi) is 12.3. The first-order valence-corrected chi connectivity index (χ1v) is 6.39. The van der Waals surface area contributed by atoms with Gasteiger partial charge in [-0.3, -0.25) is 4.79 Å². The second-order valence-electron chi connectivity index (χ2n) is 3.94. The molecule has 3 N–H and O–H groups in total. The fourth-order valence-electron chi connectivity index (χ4n) is 1.29. The molecule has 0 aromatic heterocycles. The second-order valence-corrected chi connectivity index (χ2v) is 3.94. The lowest BCUT2D eigenvalue weighted by Gasteiger charge is -2.15. The van der Waals surface area contributed by atoms with E-state index < -0.39 is 6.04 Å². The van der Waals surface area contributed by atoms with Crippen LogP contribution >= 0.6 is 0 Å². The molecule has 0 aromatic rings. The first-order chi connectivity index (χ1) is 8.72. The zero-order chi connectivity index (χ0) is 13.6. The molecule has 0 bridgehead atoms. The van der Waals surface area contributed by atoms with Crippen molar-refractivity contribution in [3.8, 4) is 0 Å². The normalized spacial score (nSPS) is 12.6. The van der Waals surface area contributed by atoms with Crippen LogP contribution in [0.1, 0.15) is 19.8 Å². The lowest BCUT2D eigenvalue weighted by molar-refractivity contribution is -0.121. The Hall–Kier alpha value is -0.690. The number of rotatable bonds is 13. The van der Waals surface area contributed by atoms with Crippen molar-refractivity contribution in [1.82, 2.24) is 5.32 Å². The van der Waals surface area contributed by atoms with Gasteiger partial charge in [-0.1, -0.05) is 6.92 Å². The van der Waals surface area contributed by atoms with Crippen LogP contribution in [0.2, 0.25) is 0 Å². The smallest absolute Gasteiger partial charge is 0.236 e. The minimum atomic E-state index is -0.418. The van der Waals surface area contributed by atoms with Gasteiger partial charge in [0.15, 0.2) is 0 Å². The molecule has 108 valence electrons. The van der Waals surface area contributed by atoms with Gasteiger partial charge in [-0.05, 0) is 19.4 Å². The predicted octanol–water partition coefficient (Wildman–Crippen LogP) is -0.0904.